The number of amides is 2. The quantitative estimate of drug-likeness (QED) is 0.885. The summed E-state index contributed by atoms with van der Waals surface area (Å²) in [5.74, 6) is -0.187. The molecule has 6 heteroatoms. The van der Waals surface area contributed by atoms with E-state index in [9.17, 15) is 9.59 Å². The molecule has 1 heterocycles. The Bertz CT molecular complexity index is 579. The van der Waals surface area contributed by atoms with Crippen LogP contribution in [-0.4, -0.2) is 54.8 Å². The minimum absolute atomic E-state index is 0.0257. The first-order valence-electron chi connectivity index (χ1n) is 6.85. The van der Waals surface area contributed by atoms with Gasteiger partial charge in [0.25, 0.3) is 0 Å². The smallest absolute Gasteiger partial charge is 0.238 e. The van der Waals surface area contributed by atoms with Crippen molar-refractivity contribution in [1.82, 2.24) is 9.80 Å². The minimum Gasteiger partial charge on any atom is -0.345 e. The summed E-state index contributed by atoms with van der Waals surface area (Å²) in [5, 5.41) is 11.7. The average Bonchev–Trinajstić information content (AvgIpc) is 2.61. The maximum absolute atomic E-state index is 12.1. The Morgan fingerprint density at radius 3 is 2.90 bits per heavy atom. The molecular formula is C15H18N4O2. The zero-order valence-electron chi connectivity index (χ0n) is 12.0. The lowest BCUT2D eigenvalue weighted by Gasteiger charge is -2.18. The molecule has 110 valence electrons. The van der Waals surface area contributed by atoms with Crippen LogP contribution >= 0.6 is 0 Å². The van der Waals surface area contributed by atoms with Crippen LogP contribution < -0.4 is 5.32 Å². The first-order valence-corrected chi connectivity index (χ1v) is 6.85. The van der Waals surface area contributed by atoms with E-state index in [1.54, 1.807) is 36.2 Å². The van der Waals surface area contributed by atoms with Crippen LogP contribution in [0.1, 0.15) is 12.0 Å². The lowest BCUT2D eigenvalue weighted by molar-refractivity contribution is -0.130. The number of para-hydroxylation sites is 1. The van der Waals surface area contributed by atoms with Crippen molar-refractivity contribution in [3.05, 3.63) is 29.8 Å². The molecule has 1 N–H and O–H groups in total. The van der Waals surface area contributed by atoms with Crippen LogP contribution in [0.25, 0.3) is 0 Å². The van der Waals surface area contributed by atoms with E-state index in [2.05, 4.69) is 5.32 Å². The van der Waals surface area contributed by atoms with E-state index >= 15 is 0 Å². The lowest BCUT2D eigenvalue weighted by Crippen LogP contribution is -2.38. The largest absolute Gasteiger partial charge is 0.345 e. The molecule has 2 rings (SSSR count). The number of nitrogens with one attached hydrogen (secondary N) is 1. The standard InChI is InChI=1S/C15H18N4O2/c1-18-7-4-8-19(11-15(18)21)10-14(20)17-13-6-3-2-5-12(13)9-16/h2-3,5-6H,4,7-8,10-11H2,1H3,(H,17,20). The second-order valence-electron chi connectivity index (χ2n) is 5.09. The van der Waals surface area contributed by atoms with Crippen LogP contribution in [0.5, 0.6) is 0 Å². The van der Waals surface area contributed by atoms with E-state index in [0.717, 1.165) is 6.42 Å². The summed E-state index contributed by atoms with van der Waals surface area (Å²) in [4.78, 5) is 27.3. The topological polar surface area (TPSA) is 76.4 Å². The van der Waals surface area contributed by atoms with Crippen molar-refractivity contribution in [2.75, 3.05) is 38.5 Å². The fourth-order valence-corrected chi connectivity index (χ4v) is 2.26. The Kier molecular flexibility index (Phi) is 4.90. The van der Waals surface area contributed by atoms with Gasteiger partial charge < -0.3 is 10.2 Å². The summed E-state index contributed by atoms with van der Waals surface area (Å²) in [6, 6.07) is 8.90. The van der Waals surface area contributed by atoms with Gasteiger partial charge in [-0.3, -0.25) is 14.5 Å². The Balaban J connectivity index is 1.95. The van der Waals surface area contributed by atoms with Gasteiger partial charge in [-0.25, -0.2) is 0 Å². The number of carbonyl (C=O) groups excluding carboxylic acids is 2. The van der Waals surface area contributed by atoms with Gasteiger partial charge in [-0.05, 0) is 18.6 Å². The number of hydrogen-bond acceptors (Lipinski definition) is 4. The van der Waals surface area contributed by atoms with Gasteiger partial charge in [-0.15, -0.1) is 0 Å². The Morgan fingerprint density at radius 2 is 2.14 bits per heavy atom. The Labute approximate surface area is 123 Å². The molecule has 1 saturated heterocycles. The second-order valence-corrected chi connectivity index (χ2v) is 5.09. The van der Waals surface area contributed by atoms with Crippen molar-refractivity contribution >= 4 is 17.5 Å². The van der Waals surface area contributed by atoms with Gasteiger partial charge in [-0.1, -0.05) is 12.1 Å². The average molecular weight is 286 g/mol. The number of rotatable bonds is 3. The van der Waals surface area contributed by atoms with Crippen LogP contribution in [0.3, 0.4) is 0 Å². The Morgan fingerprint density at radius 1 is 1.38 bits per heavy atom. The van der Waals surface area contributed by atoms with Crippen molar-refractivity contribution in [1.29, 1.82) is 5.26 Å². The van der Waals surface area contributed by atoms with E-state index in [4.69, 9.17) is 5.26 Å². The van der Waals surface area contributed by atoms with Crippen molar-refractivity contribution in [2.45, 2.75) is 6.42 Å². The highest BCUT2D eigenvalue weighted by molar-refractivity contribution is 5.93. The van der Waals surface area contributed by atoms with Gasteiger partial charge in [0.2, 0.25) is 11.8 Å². The van der Waals surface area contributed by atoms with Gasteiger partial charge >= 0.3 is 0 Å². The predicted octanol–water partition coefficient (Wildman–Crippen LogP) is 0.661. The summed E-state index contributed by atoms with van der Waals surface area (Å²) in [5.41, 5.74) is 0.931. The van der Waals surface area contributed by atoms with Crippen LogP contribution in [0, 0.1) is 11.3 Å². The maximum Gasteiger partial charge on any atom is 0.238 e. The molecule has 0 aliphatic carbocycles. The third kappa shape index (κ3) is 4.04. The molecule has 1 aliphatic heterocycles. The van der Waals surface area contributed by atoms with Gasteiger partial charge in [0, 0.05) is 20.1 Å². The summed E-state index contributed by atoms with van der Waals surface area (Å²) in [6.45, 7) is 1.83. The number of nitrogens with zero attached hydrogens (tertiary/aromatic N) is 3. The zero-order valence-corrected chi connectivity index (χ0v) is 12.0. The molecule has 1 aromatic rings. The molecule has 0 bridgehead atoms. The second kappa shape index (κ2) is 6.86. The van der Waals surface area contributed by atoms with Gasteiger partial charge in [0.05, 0.1) is 24.3 Å². The Hall–Kier alpha value is -2.39. The fourth-order valence-electron chi connectivity index (χ4n) is 2.26. The van der Waals surface area contributed by atoms with Crippen LogP contribution in [0.15, 0.2) is 24.3 Å². The van der Waals surface area contributed by atoms with E-state index in [1.807, 2.05) is 11.0 Å². The summed E-state index contributed by atoms with van der Waals surface area (Å²) in [7, 11) is 1.77. The van der Waals surface area contributed by atoms with Gasteiger partial charge in [-0.2, -0.15) is 5.26 Å². The summed E-state index contributed by atoms with van der Waals surface area (Å²) < 4.78 is 0. The SMILES string of the molecule is CN1CCCN(CC(=O)Nc2ccccc2C#N)CC1=O. The number of likely N-dealkylation sites (N-methyl/N-ethyl adjacent to an activating group) is 1. The molecule has 0 unspecified atom stereocenters. The molecule has 0 aromatic heterocycles. The molecule has 0 radical (unpaired) electrons. The number of nitriles is 1. The third-order valence-corrected chi connectivity index (χ3v) is 3.44. The molecule has 0 saturated carbocycles. The monoisotopic (exact) mass is 286 g/mol. The van der Waals surface area contributed by atoms with Crippen molar-refractivity contribution in [2.24, 2.45) is 0 Å². The number of carbonyl (C=O) groups is 2. The highest BCUT2D eigenvalue weighted by Gasteiger charge is 2.20. The first kappa shape index (κ1) is 15.0. The fraction of sp³-hybridized carbons (Fsp3) is 0.400. The molecule has 6 nitrogen and oxygen atoms in total. The summed E-state index contributed by atoms with van der Waals surface area (Å²) >= 11 is 0. The van der Waals surface area contributed by atoms with Crippen LogP contribution in [0.2, 0.25) is 0 Å². The predicted molar refractivity (Wildman–Crippen MR) is 78.5 cm³/mol. The van der Waals surface area contributed by atoms with Crippen molar-refractivity contribution in [3.63, 3.8) is 0 Å². The number of hydrogen-bond donors (Lipinski definition) is 1. The molecule has 21 heavy (non-hydrogen) atoms. The van der Waals surface area contributed by atoms with E-state index in [1.165, 1.54) is 0 Å². The molecule has 0 atom stereocenters. The summed E-state index contributed by atoms with van der Waals surface area (Å²) in [6.07, 6.45) is 0.851. The van der Waals surface area contributed by atoms with E-state index < -0.39 is 0 Å². The molecular weight excluding hydrogens is 268 g/mol. The molecule has 1 aliphatic rings. The number of anilines is 1. The molecule has 1 aromatic carbocycles. The van der Waals surface area contributed by atoms with Crippen molar-refractivity contribution in [3.8, 4) is 6.07 Å². The first-order chi connectivity index (χ1) is 10.1. The lowest BCUT2D eigenvalue weighted by atomic mass is 10.2. The van der Waals surface area contributed by atoms with Crippen molar-refractivity contribution < 1.29 is 9.59 Å². The van der Waals surface area contributed by atoms with Gasteiger partial charge in [0.15, 0.2) is 0 Å². The van der Waals surface area contributed by atoms with Crippen LogP contribution in [0.4, 0.5) is 5.69 Å². The molecule has 0 spiro atoms. The molecule has 1 fully saturated rings. The minimum atomic E-state index is -0.213. The van der Waals surface area contributed by atoms with Gasteiger partial charge in [0.1, 0.15) is 6.07 Å². The third-order valence-electron chi connectivity index (χ3n) is 3.44. The molecule has 2 amide bonds. The highest BCUT2D eigenvalue weighted by atomic mass is 16.2. The zero-order chi connectivity index (χ0) is 15.2. The maximum atomic E-state index is 12.1. The van der Waals surface area contributed by atoms with E-state index in [-0.39, 0.29) is 24.9 Å². The van der Waals surface area contributed by atoms with Crippen LogP contribution in [-0.2, 0) is 9.59 Å². The normalized spacial score (nSPS) is 16.2. The van der Waals surface area contributed by atoms with E-state index in [0.29, 0.717) is 24.3 Å². The highest BCUT2D eigenvalue weighted by Crippen LogP contribution is 2.13. The number of benzene rings is 1.